The van der Waals surface area contributed by atoms with Crippen LogP contribution in [0.2, 0.25) is 0 Å². The van der Waals surface area contributed by atoms with Crippen molar-refractivity contribution in [1.82, 2.24) is 19.8 Å². The third-order valence-corrected chi connectivity index (χ3v) is 5.52. The molecule has 0 saturated carbocycles. The Morgan fingerprint density at radius 3 is 2.23 bits per heavy atom. The van der Waals surface area contributed by atoms with Crippen molar-refractivity contribution in [2.24, 2.45) is 11.8 Å². The molecule has 1 aromatic rings. The number of hydrogen-bond acceptors (Lipinski definition) is 6. The molecule has 0 radical (unpaired) electrons. The maximum Gasteiger partial charge on any atom is 0.130 e. The van der Waals surface area contributed by atoms with E-state index in [2.05, 4.69) is 47.5 Å². The van der Waals surface area contributed by atoms with Gasteiger partial charge in [0.05, 0.1) is 12.2 Å². The largest absolute Gasteiger partial charge is 0.396 e. The molecule has 6 heteroatoms. The number of likely N-dealkylation sites (tertiary alicyclic amines) is 1. The molecule has 0 amide bonds. The van der Waals surface area contributed by atoms with Gasteiger partial charge in [0.15, 0.2) is 0 Å². The molecule has 2 aliphatic rings. The lowest BCUT2D eigenvalue weighted by atomic mass is 9.96. The lowest BCUT2D eigenvalue weighted by molar-refractivity contribution is -0.0727. The van der Waals surface area contributed by atoms with Crippen molar-refractivity contribution in [2.45, 2.75) is 52.4 Å². The van der Waals surface area contributed by atoms with Crippen LogP contribution in [0.1, 0.15) is 45.0 Å². The van der Waals surface area contributed by atoms with Gasteiger partial charge in [-0.1, -0.05) is 13.8 Å². The molecule has 146 valence electrons. The third kappa shape index (κ3) is 5.00. The molecule has 3 heterocycles. The Morgan fingerprint density at radius 1 is 1.04 bits per heavy atom. The summed E-state index contributed by atoms with van der Waals surface area (Å²) >= 11 is 0. The summed E-state index contributed by atoms with van der Waals surface area (Å²) in [6.07, 6.45) is 4.49. The van der Waals surface area contributed by atoms with Gasteiger partial charge in [0, 0.05) is 69.8 Å². The van der Waals surface area contributed by atoms with Gasteiger partial charge in [0.1, 0.15) is 5.82 Å². The van der Waals surface area contributed by atoms with Crippen LogP contribution in [0, 0.1) is 11.8 Å². The fourth-order valence-electron chi connectivity index (χ4n) is 4.35. The first-order chi connectivity index (χ1) is 12.4. The molecule has 4 atom stereocenters. The van der Waals surface area contributed by atoms with Crippen molar-refractivity contribution in [3.63, 3.8) is 0 Å². The van der Waals surface area contributed by atoms with Crippen LogP contribution >= 0.6 is 0 Å². The SMILES string of the molecule is CC(C)c1ncc(CN2C[C@H](CO)[C@H](CN3C[C@@H](C)O[C@@H](C)C3)C2)cn1. The lowest BCUT2D eigenvalue weighted by Crippen LogP contribution is -2.48. The minimum absolute atomic E-state index is 0.263. The van der Waals surface area contributed by atoms with E-state index in [1.165, 1.54) is 0 Å². The van der Waals surface area contributed by atoms with E-state index in [0.717, 1.165) is 50.7 Å². The molecule has 2 aliphatic heterocycles. The molecule has 1 aromatic heterocycles. The quantitative estimate of drug-likeness (QED) is 0.832. The molecular weight excluding hydrogens is 328 g/mol. The molecule has 0 aromatic carbocycles. The Balaban J connectivity index is 1.56. The van der Waals surface area contributed by atoms with Gasteiger partial charge in [0.2, 0.25) is 0 Å². The summed E-state index contributed by atoms with van der Waals surface area (Å²) in [7, 11) is 0. The molecule has 0 aliphatic carbocycles. The topological polar surface area (TPSA) is 61.7 Å². The predicted molar refractivity (Wildman–Crippen MR) is 102 cm³/mol. The number of nitrogens with zero attached hydrogens (tertiary/aromatic N) is 4. The molecule has 2 fully saturated rings. The zero-order chi connectivity index (χ0) is 18.7. The van der Waals surface area contributed by atoms with E-state index in [1.807, 2.05) is 12.4 Å². The highest BCUT2D eigenvalue weighted by Crippen LogP contribution is 2.26. The van der Waals surface area contributed by atoms with Crippen LogP contribution in [-0.4, -0.2) is 76.4 Å². The van der Waals surface area contributed by atoms with Crippen LogP contribution < -0.4 is 0 Å². The van der Waals surface area contributed by atoms with Gasteiger partial charge in [-0.05, 0) is 25.7 Å². The number of aromatic nitrogens is 2. The fourth-order valence-corrected chi connectivity index (χ4v) is 4.35. The third-order valence-electron chi connectivity index (χ3n) is 5.52. The first kappa shape index (κ1) is 19.7. The lowest BCUT2D eigenvalue weighted by Gasteiger charge is -2.37. The first-order valence-electron chi connectivity index (χ1n) is 9.96. The average molecular weight is 363 g/mol. The zero-order valence-electron chi connectivity index (χ0n) is 16.6. The van der Waals surface area contributed by atoms with Gasteiger partial charge in [-0.15, -0.1) is 0 Å². The second kappa shape index (κ2) is 8.74. The van der Waals surface area contributed by atoms with E-state index in [1.54, 1.807) is 0 Å². The minimum Gasteiger partial charge on any atom is -0.396 e. The summed E-state index contributed by atoms with van der Waals surface area (Å²) < 4.78 is 5.85. The van der Waals surface area contributed by atoms with Crippen LogP contribution in [-0.2, 0) is 11.3 Å². The molecule has 0 spiro atoms. The number of aliphatic hydroxyl groups is 1. The van der Waals surface area contributed by atoms with E-state index < -0.39 is 0 Å². The van der Waals surface area contributed by atoms with E-state index in [9.17, 15) is 5.11 Å². The van der Waals surface area contributed by atoms with Crippen LogP contribution in [0.5, 0.6) is 0 Å². The summed E-state index contributed by atoms with van der Waals surface area (Å²) in [6, 6.07) is 0. The Hall–Kier alpha value is -1.08. The molecule has 1 N–H and O–H groups in total. The highest BCUT2D eigenvalue weighted by Gasteiger charge is 2.35. The maximum absolute atomic E-state index is 9.86. The molecule has 26 heavy (non-hydrogen) atoms. The highest BCUT2D eigenvalue weighted by molar-refractivity contribution is 5.07. The van der Waals surface area contributed by atoms with Crippen molar-refractivity contribution in [2.75, 3.05) is 39.3 Å². The van der Waals surface area contributed by atoms with Gasteiger partial charge in [-0.25, -0.2) is 9.97 Å². The Labute approximate surface area is 157 Å². The van der Waals surface area contributed by atoms with Gasteiger partial charge in [-0.2, -0.15) is 0 Å². The van der Waals surface area contributed by atoms with Gasteiger partial charge in [0.25, 0.3) is 0 Å². The van der Waals surface area contributed by atoms with Crippen molar-refractivity contribution >= 4 is 0 Å². The fraction of sp³-hybridized carbons (Fsp3) is 0.800. The van der Waals surface area contributed by atoms with Gasteiger partial charge in [-0.3, -0.25) is 9.80 Å². The molecule has 0 bridgehead atoms. The Kier molecular flexibility index (Phi) is 6.61. The van der Waals surface area contributed by atoms with Crippen LogP contribution in [0.15, 0.2) is 12.4 Å². The summed E-state index contributed by atoms with van der Waals surface area (Å²) in [6.45, 7) is 14.6. The van der Waals surface area contributed by atoms with Crippen LogP contribution in [0.25, 0.3) is 0 Å². The Morgan fingerprint density at radius 2 is 1.65 bits per heavy atom. The molecule has 0 unspecified atom stereocenters. The number of hydrogen-bond donors (Lipinski definition) is 1. The van der Waals surface area contributed by atoms with Crippen LogP contribution in [0.3, 0.4) is 0 Å². The monoisotopic (exact) mass is 362 g/mol. The number of aliphatic hydroxyl groups excluding tert-OH is 1. The van der Waals surface area contributed by atoms with E-state index in [-0.39, 0.29) is 6.61 Å². The number of morpholine rings is 1. The van der Waals surface area contributed by atoms with Gasteiger partial charge >= 0.3 is 0 Å². The summed E-state index contributed by atoms with van der Waals surface area (Å²) in [5, 5.41) is 9.86. The highest BCUT2D eigenvalue weighted by atomic mass is 16.5. The molecular formula is C20H34N4O2. The van der Waals surface area contributed by atoms with Crippen molar-refractivity contribution in [1.29, 1.82) is 0 Å². The second-order valence-corrected chi connectivity index (χ2v) is 8.48. The first-order valence-corrected chi connectivity index (χ1v) is 9.96. The maximum atomic E-state index is 9.86. The summed E-state index contributed by atoms with van der Waals surface area (Å²) in [4.78, 5) is 13.9. The van der Waals surface area contributed by atoms with E-state index in [0.29, 0.717) is 30.0 Å². The van der Waals surface area contributed by atoms with Crippen molar-refractivity contribution in [3.05, 3.63) is 23.8 Å². The van der Waals surface area contributed by atoms with Crippen molar-refractivity contribution in [3.8, 4) is 0 Å². The van der Waals surface area contributed by atoms with E-state index >= 15 is 0 Å². The summed E-state index contributed by atoms with van der Waals surface area (Å²) in [5.74, 6) is 2.11. The zero-order valence-corrected chi connectivity index (χ0v) is 16.6. The predicted octanol–water partition coefficient (Wildman–Crippen LogP) is 1.75. The molecule has 3 rings (SSSR count). The second-order valence-electron chi connectivity index (χ2n) is 8.48. The van der Waals surface area contributed by atoms with Gasteiger partial charge < -0.3 is 9.84 Å². The standard InChI is InChI=1S/C20H34N4O2/c1-14(2)20-21-5-17(6-22-20)9-24-11-18(19(12-24)13-25)10-23-7-15(3)26-16(4)8-23/h5-6,14-16,18-19,25H,7-13H2,1-4H3/t15-,16+,18-,19-/m1/s1. The smallest absolute Gasteiger partial charge is 0.130 e. The summed E-state index contributed by atoms with van der Waals surface area (Å²) in [5.41, 5.74) is 1.15. The molecule has 2 saturated heterocycles. The average Bonchev–Trinajstić information content (AvgIpc) is 2.95. The normalized spacial score (nSPS) is 31.0. The van der Waals surface area contributed by atoms with Crippen molar-refractivity contribution < 1.29 is 9.84 Å². The number of ether oxygens (including phenoxy) is 1. The van der Waals surface area contributed by atoms with E-state index in [4.69, 9.17) is 4.74 Å². The minimum atomic E-state index is 0.263. The Bertz CT molecular complexity index is 555. The molecule has 6 nitrogen and oxygen atoms in total. The number of rotatable bonds is 6. The van der Waals surface area contributed by atoms with Crippen LogP contribution in [0.4, 0.5) is 0 Å².